The molecule has 0 amide bonds. The molecule has 2 rings (SSSR count). The van der Waals surface area contributed by atoms with Crippen molar-refractivity contribution in [3.63, 3.8) is 0 Å². The Hall–Kier alpha value is -1.55. The second-order valence-electron chi connectivity index (χ2n) is 6.54. The summed E-state index contributed by atoms with van der Waals surface area (Å²) >= 11 is 0. The average molecular weight is 305 g/mol. The Morgan fingerprint density at radius 1 is 1.36 bits per heavy atom. The smallest absolute Gasteiger partial charge is 0.326 e. The Kier molecular flexibility index (Phi) is 5.83. The number of carbonyl (C=O) groups excluding carboxylic acids is 1. The highest BCUT2D eigenvalue weighted by Gasteiger charge is 2.36. The highest BCUT2D eigenvalue weighted by molar-refractivity contribution is 5.80. The fourth-order valence-corrected chi connectivity index (χ4v) is 3.43. The maximum atomic E-state index is 12.2. The van der Waals surface area contributed by atoms with Crippen LogP contribution >= 0.6 is 0 Å². The fourth-order valence-electron chi connectivity index (χ4n) is 3.43. The molecule has 1 atom stereocenters. The van der Waals surface area contributed by atoms with Crippen LogP contribution in [0.15, 0.2) is 24.3 Å². The Bertz CT molecular complexity index is 497. The van der Waals surface area contributed by atoms with Crippen LogP contribution in [0.3, 0.4) is 0 Å². The molecule has 0 saturated heterocycles. The van der Waals surface area contributed by atoms with Gasteiger partial charge in [-0.15, -0.1) is 0 Å². The van der Waals surface area contributed by atoms with Crippen molar-refractivity contribution in [3.05, 3.63) is 29.8 Å². The van der Waals surface area contributed by atoms with Gasteiger partial charge < -0.3 is 15.6 Å². The molecule has 1 fully saturated rings. The van der Waals surface area contributed by atoms with Crippen LogP contribution in [0, 0.1) is 5.92 Å². The lowest BCUT2D eigenvalue weighted by Gasteiger charge is -2.30. The monoisotopic (exact) mass is 305 g/mol. The van der Waals surface area contributed by atoms with E-state index in [4.69, 9.17) is 10.5 Å². The minimum absolute atomic E-state index is 0.192. The minimum atomic E-state index is -1.01. The molecule has 3 N–H and O–H groups in total. The maximum absolute atomic E-state index is 12.2. The van der Waals surface area contributed by atoms with E-state index in [-0.39, 0.29) is 11.7 Å². The predicted octanol–water partition coefficient (Wildman–Crippen LogP) is 3.17. The Morgan fingerprint density at radius 3 is 2.73 bits per heavy atom. The maximum Gasteiger partial charge on any atom is 0.326 e. The number of benzene rings is 1. The number of aromatic hydroxyl groups is 1. The standard InChI is InChI=1S/C18H27NO3/c1-22-17(21)18(19,11-10-14-6-3-2-4-7-14)13-15-8-5-9-16(20)12-15/h5,8-9,12,14,20H,2-4,6-7,10-11,13,19H2,1H3. The van der Waals surface area contributed by atoms with Crippen molar-refractivity contribution < 1.29 is 14.6 Å². The van der Waals surface area contributed by atoms with E-state index in [9.17, 15) is 9.90 Å². The largest absolute Gasteiger partial charge is 0.508 e. The Balaban J connectivity index is 2.04. The van der Waals surface area contributed by atoms with E-state index in [0.29, 0.717) is 18.8 Å². The number of esters is 1. The summed E-state index contributed by atoms with van der Waals surface area (Å²) in [7, 11) is 1.38. The van der Waals surface area contributed by atoms with Gasteiger partial charge >= 0.3 is 5.97 Å². The first-order chi connectivity index (χ1) is 10.5. The summed E-state index contributed by atoms with van der Waals surface area (Å²) in [5.41, 5.74) is 6.24. The van der Waals surface area contributed by atoms with Gasteiger partial charge in [0.15, 0.2) is 0 Å². The lowest BCUT2D eigenvalue weighted by atomic mass is 9.80. The van der Waals surface area contributed by atoms with Crippen LogP contribution in [-0.4, -0.2) is 23.7 Å². The molecule has 0 heterocycles. The van der Waals surface area contributed by atoms with E-state index in [1.807, 2.05) is 6.07 Å². The SMILES string of the molecule is COC(=O)C(N)(CCC1CCCCC1)Cc1cccc(O)c1. The van der Waals surface area contributed by atoms with Gasteiger partial charge in [0, 0.05) is 6.42 Å². The molecule has 0 bridgehead atoms. The summed E-state index contributed by atoms with van der Waals surface area (Å²) in [6.07, 6.45) is 8.35. The quantitative estimate of drug-likeness (QED) is 0.792. The molecule has 4 nitrogen and oxygen atoms in total. The van der Waals surface area contributed by atoms with E-state index in [1.54, 1.807) is 18.2 Å². The summed E-state index contributed by atoms with van der Waals surface area (Å²) < 4.78 is 4.93. The van der Waals surface area contributed by atoms with E-state index in [1.165, 1.54) is 39.2 Å². The van der Waals surface area contributed by atoms with Crippen LogP contribution in [0.2, 0.25) is 0 Å². The third-order valence-electron chi connectivity index (χ3n) is 4.75. The number of phenols is 1. The molecular formula is C18H27NO3. The van der Waals surface area contributed by atoms with E-state index < -0.39 is 5.54 Å². The molecule has 1 aliphatic rings. The molecule has 1 saturated carbocycles. The highest BCUT2D eigenvalue weighted by atomic mass is 16.5. The molecule has 1 aromatic carbocycles. The molecule has 0 radical (unpaired) electrons. The lowest BCUT2D eigenvalue weighted by molar-refractivity contribution is -0.147. The van der Waals surface area contributed by atoms with Gasteiger partial charge in [0.1, 0.15) is 11.3 Å². The third-order valence-corrected chi connectivity index (χ3v) is 4.75. The second-order valence-corrected chi connectivity index (χ2v) is 6.54. The number of carbonyl (C=O) groups is 1. The number of hydrogen-bond donors (Lipinski definition) is 2. The zero-order chi connectivity index (χ0) is 16.0. The molecule has 1 aliphatic carbocycles. The zero-order valence-electron chi connectivity index (χ0n) is 13.4. The molecular weight excluding hydrogens is 278 g/mol. The van der Waals surface area contributed by atoms with Gasteiger partial charge in [0.05, 0.1) is 7.11 Å². The van der Waals surface area contributed by atoms with Crippen LogP contribution in [0.5, 0.6) is 5.75 Å². The number of methoxy groups -OCH3 is 1. The van der Waals surface area contributed by atoms with Crippen LogP contribution in [0.1, 0.15) is 50.5 Å². The van der Waals surface area contributed by atoms with E-state index in [2.05, 4.69) is 0 Å². The van der Waals surface area contributed by atoms with E-state index in [0.717, 1.165) is 12.0 Å². The zero-order valence-corrected chi connectivity index (χ0v) is 13.4. The Morgan fingerprint density at radius 2 is 2.09 bits per heavy atom. The molecule has 0 aromatic heterocycles. The summed E-state index contributed by atoms with van der Waals surface area (Å²) in [5.74, 6) is 0.495. The molecule has 122 valence electrons. The van der Waals surface area contributed by atoms with Crippen molar-refractivity contribution in [2.75, 3.05) is 7.11 Å². The van der Waals surface area contributed by atoms with Gasteiger partial charge in [-0.2, -0.15) is 0 Å². The van der Waals surface area contributed by atoms with Crippen LogP contribution in [0.4, 0.5) is 0 Å². The predicted molar refractivity (Wildman–Crippen MR) is 86.6 cm³/mol. The first kappa shape index (κ1) is 16.8. The number of ether oxygens (including phenoxy) is 1. The average Bonchev–Trinajstić information content (AvgIpc) is 2.53. The first-order valence-corrected chi connectivity index (χ1v) is 8.19. The third kappa shape index (κ3) is 4.47. The Labute approximate surface area is 132 Å². The lowest BCUT2D eigenvalue weighted by Crippen LogP contribution is -2.51. The van der Waals surface area contributed by atoms with Gasteiger partial charge in [0.25, 0.3) is 0 Å². The van der Waals surface area contributed by atoms with Crippen LogP contribution in [0.25, 0.3) is 0 Å². The molecule has 22 heavy (non-hydrogen) atoms. The number of hydrogen-bond acceptors (Lipinski definition) is 4. The van der Waals surface area contributed by atoms with Gasteiger partial charge in [-0.1, -0.05) is 44.2 Å². The van der Waals surface area contributed by atoms with Gasteiger partial charge in [-0.3, -0.25) is 4.79 Å². The van der Waals surface area contributed by atoms with Crippen LogP contribution < -0.4 is 5.73 Å². The van der Waals surface area contributed by atoms with Crippen molar-refractivity contribution in [2.24, 2.45) is 11.7 Å². The molecule has 4 heteroatoms. The minimum Gasteiger partial charge on any atom is -0.508 e. The summed E-state index contributed by atoms with van der Waals surface area (Å²) in [6, 6.07) is 6.92. The fraction of sp³-hybridized carbons (Fsp3) is 0.611. The summed E-state index contributed by atoms with van der Waals surface area (Å²) in [6.45, 7) is 0. The van der Waals surface area contributed by atoms with Gasteiger partial charge in [0.2, 0.25) is 0 Å². The molecule has 0 spiro atoms. The van der Waals surface area contributed by atoms with Gasteiger partial charge in [-0.05, 0) is 36.5 Å². The molecule has 1 unspecified atom stereocenters. The topological polar surface area (TPSA) is 72.5 Å². The first-order valence-electron chi connectivity index (χ1n) is 8.19. The van der Waals surface area contributed by atoms with Crippen molar-refractivity contribution >= 4 is 5.97 Å². The normalized spacial score (nSPS) is 18.6. The number of nitrogens with two attached hydrogens (primary N) is 1. The molecule has 1 aromatic rings. The number of phenolic OH excluding ortho intramolecular Hbond substituents is 1. The second kappa shape index (κ2) is 7.63. The summed E-state index contributed by atoms with van der Waals surface area (Å²) in [4.78, 5) is 12.2. The van der Waals surface area contributed by atoms with Crippen molar-refractivity contribution in [1.82, 2.24) is 0 Å². The van der Waals surface area contributed by atoms with Crippen molar-refractivity contribution in [3.8, 4) is 5.75 Å². The number of rotatable bonds is 6. The highest BCUT2D eigenvalue weighted by Crippen LogP contribution is 2.30. The molecule has 0 aliphatic heterocycles. The van der Waals surface area contributed by atoms with E-state index >= 15 is 0 Å². The van der Waals surface area contributed by atoms with Crippen molar-refractivity contribution in [2.45, 2.75) is 56.9 Å². The van der Waals surface area contributed by atoms with Crippen molar-refractivity contribution in [1.29, 1.82) is 0 Å². The van der Waals surface area contributed by atoms with Gasteiger partial charge in [-0.25, -0.2) is 0 Å². The summed E-state index contributed by atoms with van der Waals surface area (Å²) in [5, 5.41) is 9.58. The van der Waals surface area contributed by atoms with Crippen LogP contribution in [-0.2, 0) is 16.0 Å².